The van der Waals surface area contributed by atoms with Gasteiger partial charge in [-0.1, -0.05) is 37.5 Å². The molecule has 0 radical (unpaired) electrons. The van der Waals surface area contributed by atoms with Crippen molar-refractivity contribution >= 4 is 29.4 Å². The Morgan fingerprint density at radius 2 is 1.67 bits per heavy atom. The normalized spacial score (nSPS) is 13.4. The topological polar surface area (TPSA) is 158 Å². The van der Waals surface area contributed by atoms with Gasteiger partial charge in [0.2, 0.25) is 17.8 Å². The zero-order valence-electron chi connectivity index (χ0n) is 24.2. The van der Waals surface area contributed by atoms with E-state index >= 15 is 0 Å². The molecule has 42 heavy (non-hydrogen) atoms. The Hall–Kier alpha value is -4.00. The molecule has 0 unspecified atom stereocenters. The van der Waals surface area contributed by atoms with Crippen LogP contribution in [-0.4, -0.2) is 73.5 Å². The number of aromatic nitrogens is 3. The van der Waals surface area contributed by atoms with Gasteiger partial charge in [0.05, 0.1) is 33.5 Å². The van der Waals surface area contributed by atoms with Crippen molar-refractivity contribution in [3.8, 4) is 5.75 Å². The Bertz CT molecular complexity index is 1260. The van der Waals surface area contributed by atoms with Crippen molar-refractivity contribution in [3.05, 3.63) is 59.7 Å². The first-order valence-electron chi connectivity index (χ1n) is 14.5. The average molecular weight is 579 g/mol. The number of amides is 1. The summed E-state index contributed by atoms with van der Waals surface area (Å²) in [5.74, 6) is 1.92. The number of anilines is 4. The summed E-state index contributed by atoms with van der Waals surface area (Å²) in [4.78, 5) is 26.6. The molecule has 0 spiro atoms. The van der Waals surface area contributed by atoms with Crippen molar-refractivity contribution in [2.45, 2.75) is 44.7 Å². The van der Waals surface area contributed by atoms with E-state index in [9.17, 15) is 4.79 Å². The maximum atomic E-state index is 12.7. The fourth-order valence-corrected chi connectivity index (χ4v) is 4.58. The van der Waals surface area contributed by atoms with Gasteiger partial charge >= 0.3 is 0 Å². The zero-order chi connectivity index (χ0) is 29.4. The lowest BCUT2D eigenvalue weighted by atomic mass is 9.96. The largest absolute Gasteiger partial charge is 0.497 e. The fourth-order valence-electron chi connectivity index (χ4n) is 4.58. The minimum atomic E-state index is -0.197. The number of carbonyl (C=O) groups excluding carboxylic acids is 1. The van der Waals surface area contributed by atoms with Crippen LogP contribution in [0, 0.1) is 0 Å². The number of nitrogens with two attached hydrogens (primary N) is 1. The maximum absolute atomic E-state index is 12.7. The third-order valence-electron chi connectivity index (χ3n) is 6.71. The molecule has 1 aromatic heterocycles. The Morgan fingerprint density at radius 1 is 0.905 bits per heavy atom. The van der Waals surface area contributed by atoms with Crippen molar-refractivity contribution in [2.24, 2.45) is 5.73 Å². The second kappa shape index (κ2) is 17.1. The molecule has 1 fully saturated rings. The van der Waals surface area contributed by atoms with Gasteiger partial charge < -0.3 is 41.2 Å². The highest BCUT2D eigenvalue weighted by molar-refractivity contribution is 5.95. The van der Waals surface area contributed by atoms with E-state index in [0.29, 0.717) is 81.2 Å². The van der Waals surface area contributed by atoms with E-state index in [0.717, 1.165) is 24.2 Å². The zero-order valence-corrected chi connectivity index (χ0v) is 24.2. The average Bonchev–Trinajstić information content (AvgIpc) is 3.02. The minimum Gasteiger partial charge on any atom is -0.497 e. The van der Waals surface area contributed by atoms with Crippen LogP contribution in [0.15, 0.2) is 48.5 Å². The van der Waals surface area contributed by atoms with Crippen LogP contribution in [0.5, 0.6) is 5.75 Å². The number of benzene rings is 2. The summed E-state index contributed by atoms with van der Waals surface area (Å²) in [6.07, 6.45) is 5.82. The van der Waals surface area contributed by atoms with Crippen LogP contribution < -0.4 is 31.7 Å². The first kappa shape index (κ1) is 30.9. The van der Waals surface area contributed by atoms with Gasteiger partial charge in [-0.3, -0.25) is 4.79 Å². The quantitative estimate of drug-likeness (QED) is 0.149. The number of carbonyl (C=O) groups is 1. The Balaban J connectivity index is 1.39. The molecule has 3 aromatic rings. The van der Waals surface area contributed by atoms with Crippen LogP contribution in [0.3, 0.4) is 0 Å². The van der Waals surface area contributed by atoms with Crippen LogP contribution in [-0.2, 0) is 16.0 Å². The number of hydrogen-bond acceptors (Lipinski definition) is 11. The SMILES string of the molecule is COc1cccc(CNc2nc(Nc3cccc(C(=O)NCCOCCOCCN)c3)nc(NC3CCCCC3)n2)c1. The molecular formula is C30H42N8O4. The van der Waals surface area contributed by atoms with Crippen LogP contribution >= 0.6 is 0 Å². The minimum absolute atomic E-state index is 0.197. The molecular weight excluding hydrogens is 536 g/mol. The highest BCUT2D eigenvalue weighted by Crippen LogP contribution is 2.23. The molecule has 6 N–H and O–H groups in total. The molecule has 4 rings (SSSR count). The van der Waals surface area contributed by atoms with Crippen LogP contribution in [0.2, 0.25) is 0 Å². The van der Waals surface area contributed by atoms with Crippen molar-refractivity contribution < 1.29 is 19.0 Å². The molecule has 1 aliphatic rings. The second-order valence-electron chi connectivity index (χ2n) is 9.97. The Morgan fingerprint density at radius 3 is 2.48 bits per heavy atom. The lowest BCUT2D eigenvalue weighted by Gasteiger charge is -2.23. The molecule has 1 amide bonds. The molecule has 1 saturated carbocycles. The molecule has 12 nitrogen and oxygen atoms in total. The van der Waals surface area contributed by atoms with E-state index in [4.69, 9.17) is 19.9 Å². The number of hydrogen-bond donors (Lipinski definition) is 5. The lowest BCUT2D eigenvalue weighted by molar-refractivity contribution is 0.0511. The van der Waals surface area contributed by atoms with Gasteiger partial charge in [0.15, 0.2) is 0 Å². The van der Waals surface area contributed by atoms with Crippen molar-refractivity contribution in [3.63, 3.8) is 0 Å². The number of nitrogens with one attached hydrogen (secondary N) is 4. The van der Waals surface area contributed by atoms with Gasteiger partial charge in [0, 0.05) is 36.9 Å². The fraction of sp³-hybridized carbons (Fsp3) is 0.467. The van der Waals surface area contributed by atoms with E-state index in [-0.39, 0.29) is 5.91 Å². The van der Waals surface area contributed by atoms with Gasteiger partial charge in [-0.2, -0.15) is 15.0 Å². The predicted molar refractivity (Wildman–Crippen MR) is 163 cm³/mol. The molecule has 0 bridgehead atoms. The maximum Gasteiger partial charge on any atom is 0.251 e. The van der Waals surface area contributed by atoms with Crippen molar-refractivity contribution in [1.29, 1.82) is 0 Å². The summed E-state index contributed by atoms with van der Waals surface area (Å²) in [5, 5.41) is 12.9. The van der Waals surface area contributed by atoms with E-state index in [1.807, 2.05) is 36.4 Å². The first-order chi connectivity index (χ1) is 20.6. The first-order valence-corrected chi connectivity index (χ1v) is 14.5. The van der Waals surface area contributed by atoms with Gasteiger partial charge in [0.25, 0.3) is 5.91 Å². The summed E-state index contributed by atoms with van der Waals surface area (Å²) >= 11 is 0. The molecule has 12 heteroatoms. The molecule has 0 saturated heterocycles. The van der Waals surface area contributed by atoms with Crippen LogP contribution in [0.4, 0.5) is 23.5 Å². The second-order valence-corrected chi connectivity index (χ2v) is 9.97. The van der Waals surface area contributed by atoms with E-state index in [2.05, 4.69) is 36.2 Å². The highest BCUT2D eigenvalue weighted by Gasteiger charge is 2.16. The Kier molecular flexibility index (Phi) is 12.6. The summed E-state index contributed by atoms with van der Waals surface area (Å²) in [5.41, 5.74) is 7.62. The number of ether oxygens (including phenoxy) is 3. The number of methoxy groups -OCH3 is 1. The number of nitrogens with zero attached hydrogens (tertiary/aromatic N) is 3. The summed E-state index contributed by atoms with van der Waals surface area (Å²) in [7, 11) is 1.65. The van der Waals surface area contributed by atoms with Gasteiger partial charge in [-0.25, -0.2) is 0 Å². The summed E-state index contributed by atoms with van der Waals surface area (Å²) < 4.78 is 16.1. The summed E-state index contributed by atoms with van der Waals surface area (Å²) in [6.45, 7) is 3.22. The molecule has 1 heterocycles. The van der Waals surface area contributed by atoms with Gasteiger partial charge in [-0.15, -0.1) is 0 Å². The molecule has 226 valence electrons. The Labute approximate surface area is 247 Å². The molecule has 2 aromatic carbocycles. The van der Waals surface area contributed by atoms with Crippen molar-refractivity contribution in [2.75, 3.05) is 62.6 Å². The third-order valence-corrected chi connectivity index (χ3v) is 6.71. The third kappa shape index (κ3) is 10.4. The van der Waals surface area contributed by atoms with Crippen LogP contribution in [0.25, 0.3) is 0 Å². The summed E-state index contributed by atoms with van der Waals surface area (Å²) in [6, 6.07) is 15.4. The van der Waals surface area contributed by atoms with Crippen LogP contribution in [0.1, 0.15) is 48.0 Å². The van der Waals surface area contributed by atoms with E-state index < -0.39 is 0 Å². The smallest absolute Gasteiger partial charge is 0.251 e. The van der Waals surface area contributed by atoms with Crippen molar-refractivity contribution in [1.82, 2.24) is 20.3 Å². The van der Waals surface area contributed by atoms with E-state index in [1.165, 1.54) is 19.3 Å². The van der Waals surface area contributed by atoms with Gasteiger partial charge in [0.1, 0.15) is 5.75 Å². The standard InChI is InChI=1S/C30H42N8O4/c1-40-26-12-5-7-22(19-26)21-33-28-36-29(34-24-9-3-2-4-10-24)38-30(37-28)35-25-11-6-8-23(20-25)27(39)32-14-16-42-18-17-41-15-13-31/h5-8,11-12,19-20,24H,2-4,9-10,13-18,21,31H2,1H3,(H,32,39)(H3,33,34,35,36,37,38). The number of rotatable bonds is 17. The predicted octanol–water partition coefficient (Wildman–Crippen LogP) is 3.70. The van der Waals surface area contributed by atoms with E-state index in [1.54, 1.807) is 19.2 Å². The molecule has 0 aliphatic heterocycles. The van der Waals surface area contributed by atoms with Gasteiger partial charge in [-0.05, 0) is 48.7 Å². The highest BCUT2D eigenvalue weighted by atomic mass is 16.5. The lowest BCUT2D eigenvalue weighted by Crippen LogP contribution is -2.27. The molecule has 0 atom stereocenters. The molecule has 1 aliphatic carbocycles. The monoisotopic (exact) mass is 578 g/mol.